The number of carbonyl (C=O) groups is 2. The van der Waals surface area contributed by atoms with Crippen molar-refractivity contribution in [1.82, 2.24) is 5.32 Å². The van der Waals surface area contributed by atoms with E-state index in [1.165, 1.54) is 12.1 Å². The van der Waals surface area contributed by atoms with Gasteiger partial charge in [-0.2, -0.15) is 0 Å². The van der Waals surface area contributed by atoms with Gasteiger partial charge in [0, 0.05) is 10.5 Å². The van der Waals surface area contributed by atoms with Gasteiger partial charge in [0.25, 0.3) is 0 Å². The lowest BCUT2D eigenvalue weighted by molar-refractivity contribution is -0.141. The van der Waals surface area contributed by atoms with Crippen LogP contribution in [-0.4, -0.2) is 23.0 Å². The first-order chi connectivity index (χ1) is 9.45. The van der Waals surface area contributed by atoms with Crippen molar-refractivity contribution in [2.24, 2.45) is 5.92 Å². The van der Waals surface area contributed by atoms with Crippen molar-refractivity contribution >= 4 is 27.8 Å². The van der Waals surface area contributed by atoms with Crippen molar-refractivity contribution in [3.05, 3.63) is 34.1 Å². The summed E-state index contributed by atoms with van der Waals surface area (Å²) in [6.45, 7) is 0. The number of nitrogens with one attached hydrogen (secondary N) is 1. The molecule has 2 N–H and O–H groups in total. The predicted molar refractivity (Wildman–Crippen MR) is 74.7 cm³/mol. The molecule has 1 aromatic carbocycles. The number of hydrogen-bond donors (Lipinski definition) is 2. The minimum absolute atomic E-state index is 0.0760. The Bertz CT molecular complexity index is 535. The third-order valence-corrected chi connectivity index (χ3v) is 4.28. The van der Waals surface area contributed by atoms with Crippen LogP contribution in [0.25, 0.3) is 0 Å². The molecule has 0 aromatic heterocycles. The second kappa shape index (κ2) is 6.35. The van der Waals surface area contributed by atoms with Gasteiger partial charge in [0.2, 0.25) is 5.91 Å². The van der Waals surface area contributed by atoms with Crippen LogP contribution < -0.4 is 5.32 Å². The lowest BCUT2D eigenvalue weighted by Crippen LogP contribution is -2.34. The maximum absolute atomic E-state index is 13.1. The van der Waals surface area contributed by atoms with Gasteiger partial charge in [-0.25, -0.2) is 4.39 Å². The van der Waals surface area contributed by atoms with Gasteiger partial charge in [0.15, 0.2) is 0 Å². The van der Waals surface area contributed by atoms with Gasteiger partial charge >= 0.3 is 5.97 Å². The van der Waals surface area contributed by atoms with Gasteiger partial charge in [-0.3, -0.25) is 9.59 Å². The van der Waals surface area contributed by atoms with E-state index < -0.39 is 5.97 Å². The highest BCUT2D eigenvalue weighted by atomic mass is 79.9. The highest BCUT2D eigenvalue weighted by molar-refractivity contribution is 9.10. The van der Waals surface area contributed by atoms with Gasteiger partial charge in [-0.15, -0.1) is 0 Å². The van der Waals surface area contributed by atoms with Gasteiger partial charge in [-0.05, 0) is 43.0 Å². The number of rotatable bonds is 4. The van der Waals surface area contributed by atoms with E-state index in [0.717, 1.165) is 0 Å². The maximum atomic E-state index is 13.1. The normalized spacial score (nSPS) is 21.7. The summed E-state index contributed by atoms with van der Waals surface area (Å²) in [6.07, 6.45) is 1.80. The van der Waals surface area contributed by atoms with E-state index in [4.69, 9.17) is 5.11 Å². The fraction of sp³-hybridized carbons (Fsp3) is 0.429. The first-order valence-corrected chi connectivity index (χ1v) is 7.21. The Morgan fingerprint density at radius 2 is 2.15 bits per heavy atom. The molecule has 20 heavy (non-hydrogen) atoms. The molecule has 1 aliphatic carbocycles. The average Bonchev–Trinajstić information content (AvgIpc) is 2.82. The van der Waals surface area contributed by atoms with Crippen LogP contribution in [0.15, 0.2) is 22.7 Å². The quantitative estimate of drug-likeness (QED) is 0.882. The molecule has 0 unspecified atom stereocenters. The summed E-state index contributed by atoms with van der Waals surface area (Å²) >= 11 is 3.28. The van der Waals surface area contributed by atoms with E-state index >= 15 is 0 Å². The maximum Gasteiger partial charge on any atom is 0.306 e. The summed E-state index contributed by atoms with van der Waals surface area (Å²) in [5.74, 6) is -1.79. The van der Waals surface area contributed by atoms with E-state index in [0.29, 0.717) is 29.3 Å². The first-order valence-electron chi connectivity index (χ1n) is 6.42. The average molecular weight is 344 g/mol. The molecule has 1 saturated carbocycles. The van der Waals surface area contributed by atoms with E-state index in [2.05, 4.69) is 21.2 Å². The van der Waals surface area contributed by atoms with Crippen LogP contribution in [-0.2, 0) is 16.0 Å². The number of carboxylic acid groups (broad SMARTS) is 1. The van der Waals surface area contributed by atoms with Gasteiger partial charge in [0.05, 0.1) is 12.3 Å². The standard InChI is InChI=1S/C14H15BrFNO3/c15-12-4-2-10(16)5-9(12)7-13(18)17-11-3-1-8(6-11)14(19)20/h2,4-5,8,11H,1,3,6-7H2,(H,17,18)(H,19,20)/t8-,11+/m0/s1. The molecular weight excluding hydrogens is 329 g/mol. The zero-order valence-corrected chi connectivity index (χ0v) is 12.3. The molecule has 0 heterocycles. The smallest absolute Gasteiger partial charge is 0.306 e. The third-order valence-electron chi connectivity index (χ3n) is 3.51. The van der Waals surface area contributed by atoms with Crippen molar-refractivity contribution in [2.75, 3.05) is 0 Å². The van der Waals surface area contributed by atoms with Gasteiger partial charge in [0.1, 0.15) is 5.82 Å². The predicted octanol–water partition coefficient (Wildman–Crippen LogP) is 2.50. The van der Waals surface area contributed by atoms with Crippen molar-refractivity contribution in [2.45, 2.75) is 31.7 Å². The number of halogens is 2. The fourth-order valence-electron chi connectivity index (χ4n) is 2.47. The molecule has 108 valence electrons. The molecule has 1 fully saturated rings. The SMILES string of the molecule is O=C(Cc1cc(F)ccc1Br)N[C@@H]1CC[C@H](C(=O)O)C1. The molecule has 6 heteroatoms. The van der Waals surface area contributed by atoms with Crippen molar-refractivity contribution in [3.63, 3.8) is 0 Å². The summed E-state index contributed by atoms with van der Waals surface area (Å²) in [7, 11) is 0. The molecule has 0 saturated heterocycles. The Morgan fingerprint density at radius 1 is 1.40 bits per heavy atom. The Balaban J connectivity index is 1.90. The first kappa shape index (κ1) is 15.0. The van der Waals surface area contributed by atoms with Crippen LogP contribution in [0.5, 0.6) is 0 Å². The van der Waals surface area contributed by atoms with E-state index in [9.17, 15) is 14.0 Å². The number of carboxylic acids is 1. The van der Waals surface area contributed by atoms with Gasteiger partial charge in [-0.1, -0.05) is 15.9 Å². The van der Waals surface area contributed by atoms with Gasteiger partial charge < -0.3 is 10.4 Å². The number of amides is 1. The van der Waals surface area contributed by atoms with E-state index in [1.54, 1.807) is 6.07 Å². The minimum atomic E-state index is -0.811. The van der Waals surface area contributed by atoms with E-state index in [1.807, 2.05) is 0 Å². The molecule has 2 atom stereocenters. The molecule has 1 aliphatic rings. The second-order valence-electron chi connectivity index (χ2n) is 5.03. The Hall–Kier alpha value is -1.43. The molecule has 4 nitrogen and oxygen atoms in total. The number of hydrogen-bond acceptors (Lipinski definition) is 2. The Kier molecular flexibility index (Phi) is 4.75. The topological polar surface area (TPSA) is 66.4 Å². The number of carbonyl (C=O) groups excluding carboxylic acids is 1. The zero-order chi connectivity index (χ0) is 14.7. The summed E-state index contributed by atoms with van der Waals surface area (Å²) < 4.78 is 13.8. The third kappa shape index (κ3) is 3.79. The monoisotopic (exact) mass is 343 g/mol. The van der Waals surface area contributed by atoms with E-state index in [-0.39, 0.29) is 30.1 Å². The minimum Gasteiger partial charge on any atom is -0.481 e. The van der Waals surface area contributed by atoms with Crippen molar-refractivity contribution in [1.29, 1.82) is 0 Å². The van der Waals surface area contributed by atoms with Crippen molar-refractivity contribution < 1.29 is 19.1 Å². The number of aliphatic carboxylic acids is 1. The zero-order valence-electron chi connectivity index (χ0n) is 10.7. The Morgan fingerprint density at radius 3 is 2.80 bits per heavy atom. The Labute approximate surface area is 124 Å². The highest BCUT2D eigenvalue weighted by Crippen LogP contribution is 2.26. The number of benzene rings is 1. The summed E-state index contributed by atoms with van der Waals surface area (Å²) in [6, 6.07) is 4.10. The summed E-state index contributed by atoms with van der Waals surface area (Å²) in [5.41, 5.74) is 0.579. The highest BCUT2D eigenvalue weighted by Gasteiger charge is 2.30. The second-order valence-corrected chi connectivity index (χ2v) is 5.88. The molecule has 2 rings (SSSR count). The van der Waals surface area contributed by atoms with Crippen molar-refractivity contribution in [3.8, 4) is 0 Å². The molecule has 0 spiro atoms. The lowest BCUT2D eigenvalue weighted by atomic mass is 10.1. The molecule has 1 aromatic rings. The largest absolute Gasteiger partial charge is 0.481 e. The molecule has 0 radical (unpaired) electrons. The fourth-order valence-corrected chi connectivity index (χ4v) is 2.85. The van der Waals surface area contributed by atoms with Crippen LogP contribution in [0.2, 0.25) is 0 Å². The summed E-state index contributed by atoms with van der Waals surface area (Å²) in [4.78, 5) is 22.8. The summed E-state index contributed by atoms with van der Waals surface area (Å²) in [5, 5.41) is 11.7. The molecule has 0 bridgehead atoms. The molecule has 1 amide bonds. The molecular formula is C14H15BrFNO3. The van der Waals surface area contributed by atoms with Crippen LogP contribution in [0, 0.1) is 11.7 Å². The van der Waals surface area contributed by atoms with Crippen LogP contribution in [0.3, 0.4) is 0 Å². The van der Waals surface area contributed by atoms with Crippen LogP contribution in [0.4, 0.5) is 4.39 Å². The van der Waals surface area contributed by atoms with Crippen LogP contribution in [0.1, 0.15) is 24.8 Å². The molecule has 0 aliphatic heterocycles. The van der Waals surface area contributed by atoms with Crippen LogP contribution >= 0.6 is 15.9 Å². The lowest BCUT2D eigenvalue weighted by Gasteiger charge is -2.13.